The Morgan fingerprint density at radius 1 is 1.00 bits per heavy atom. The number of nitrogens with two attached hydrogens (primary N) is 1. The Balaban J connectivity index is 0.000000430. The molecule has 2 aromatic carbocycles. The van der Waals surface area contributed by atoms with Gasteiger partial charge in [0.05, 0.1) is 0 Å². The summed E-state index contributed by atoms with van der Waals surface area (Å²) in [5.74, 6) is 0. The van der Waals surface area contributed by atoms with E-state index >= 15 is 0 Å². The Morgan fingerprint density at radius 2 is 1.52 bits per heavy atom. The molecule has 0 aliphatic carbocycles. The third kappa shape index (κ3) is 6.62. The minimum Gasteiger partial charge on any atom is -0.398 e. The highest BCUT2D eigenvalue weighted by atomic mass is 14.6. The molecule has 0 amide bonds. The number of nitrogen functional groups attached to an aromatic ring is 1. The monoisotopic (exact) mass is 337 g/mol. The zero-order valence-electron chi connectivity index (χ0n) is 16.9. The Bertz CT molecular complexity index is 680. The van der Waals surface area contributed by atoms with Crippen LogP contribution < -0.4 is 5.73 Å². The largest absolute Gasteiger partial charge is 0.398 e. The summed E-state index contributed by atoms with van der Waals surface area (Å²) in [5, 5.41) is 0. The molecule has 0 unspecified atom stereocenters. The summed E-state index contributed by atoms with van der Waals surface area (Å²) in [5.41, 5.74) is 14.1. The standard InChI is InChI=1S/C13H16.C9H13N.C2H6/c1-5-11-8-7-9-12(6-2)13(11)10(3)4;1-3-8-6-4-5-7(2)9(8)10;1-2/h5,7-9H,1,3,6H2,2,4H3;4-6H,3,10H2,1-2H3;1-2H3. The van der Waals surface area contributed by atoms with Gasteiger partial charge in [-0.05, 0) is 54.5 Å². The molecule has 1 heteroatoms. The fraction of sp³-hybridized carbons (Fsp3) is 0.333. The van der Waals surface area contributed by atoms with Gasteiger partial charge in [-0.15, -0.1) is 0 Å². The van der Waals surface area contributed by atoms with Gasteiger partial charge >= 0.3 is 0 Å². The smallest absolute Gasteiger partial charge is 0.0376 e. The van der Waals surface area contributed by atoms with E-state index in [1.165, 1.54) is 27.8 Å². The summed E-state index contributed by atoms with van der Waals surface area (Å²) in [6, 6.07) is 12.5. The van der Waals surface area contributed by atoms with Crippen LogP contribution in [0.5, 0.6) is 0 Å². The van der Waals surface area contributed by atoms with Crippen molar-refractivity contribution >= 4 is 17.3 Å². The van der Waals surface area contributed by atoms with Crippen molar-refractivity contribution in [2.45, 2.75) is 54.4 Å². The first kappa shape index (κ1) is 22.7. The van der Waals surface area contributed by atoms with Crippen LogP contribution in [-0.2, 0) is 12.8 Å². The Kier molecular flexibility index (Phi) is 11.0. The number of para-hydroxylation sites is 1. The van der Waals surface area contributed by atoms with E-state index in [-0.39, 0.29) is 0 Å². The third-order valence-electron chi connectivity index (χ3n) is 4.01. The second-order valence-electron chi connectivity index (χ2n) is 5.72. The summed E-state index contributed by atoms with van der Waals surface area (Å²) in [7, 11) is 0. The minimum atomic E-state index is 0.949. The molecule has 0 heterocycles. The first-order valence-electron chi connectivity index (χ1n) is 9.20. The Hall–Kier alpha value is -2.28. The minimum absolute atomic E-state index is 0.949. The summed E-state index contributed by atoms with van der Waals surface area (Å²) in [6.07, 6.45) is 3.96. The second-order valence-corrected chi connectivity index (χ2v) is 5.72. The van der Waals surface area contributed by atoms with Crippen molar-refractivity contribution in [3.05, 3.63) is 77.4 Å². The SMILES string of the molecule is C=Cc1cccc(CC)c1C(=C)C.CC.CCc1cccc(C)c1N. The van der Waals surface area contributed by atoms with Gasteiger partial charge in [0, 0.05) is 5.69 Å². The maximum atomic E-state index is 5.79. The molecule has 0 aliphatic heterocycles. The lowest BCUT2D eigenvalue weighted by molar-refractivity contribution is 1.13. The Morgan fingerprint density at radius 3 is 1.96 bits per heavy atom. The molecule has 0 bridgehead atoms. The molecule has 2 N–H and O–H groups in total. The van der Waals surface area contributed by atoms with Gasteiger partial charge in [-0.1, -0.05) is 88.9 Å². The number of allylic oxidation sites excluding steroid dienone is 1. The molecule has 0 atom stereocenters. The van der Waals surface area contributed by atoms with Crippen molar-refractivity contribution < 1.29 is 0 Å². The van der Waals surface area contributed by atoms with Gasteiger partial charge in [-0.3, -0.25) is 0 Å². The fourth-order valence-corrected chi connectivity index (χ4v) is 2.65. The highest BCUT2D eigenvalue weighted by Crippen LogP contribution is 2.23. The van der Waals surface area contributed by atoms with E-state index in [0.29, 0.717) is 0 Å². The maximum absolute atomic E-state index is 5.79. The number of aryl methyl sites for hydroxylation is 3. The van der Waals surface area contributed by atoms with Crippen molar-refractivity contribution in [2.75, 3.05) is 5.73 Å². The van der Waals surface area contributed by atoms with E-state index in [4.69, 9.17) is 5.73 Å². The van der Waals surface area contributed by atoms with Crippen LogP contribution in [0.25, 0.3) is 11.6 Å². The molecular weight excluding hydrogens is 302 g/mol. The van der Waals surface area contributed by atoms with Crippen molar-refractivity contribution in [1.82, 2.24) is 0 Å². The summed E-state index contributed by atoms with van der Waals surface area (Å²) >= 11 is 0. The lowest BCUT2D eigenvalue weighted by atomic mass is 9.94. The van der Waals surface area contributed by atoms with E-state index in [1.807, 2.05) is 45.9 Å². The van der Waals surface area contributed by atoms with E-state index in [2.05, 4.69) is 51.3 Å². The molecule has 0 aliphatic rings. The highest BCUT2D eigenvalue weighted by molar-refractivity contribution is 5.73. The molecular formula is C24H35N. The molecule has 0 radical (unpaired) electrons. The first-order valence-corrected chi connectivity index (χ1v) is 9.20. The van der Waals surface area contributed by atoms with Gasteiger partial charge in [0.15, 0.2) is 0 Å². The van der Waals surface area contributed by atoms with Gasteiger partial charge in [0.25, 0.3) is 0 Å². The van der Waals surface area contributed by atoms with Crippen molar-refractivity contribution in [3.63, 3.8) is 0 Å². The van der Waals surface area contributed by atoms with Crippen LogP contribution in [-0.4, -0.2) is 0 Å². The summed E-state index contributed by atoms with van der Waals surface area (Å²) in [6.45, 7) is 20.2. The second kappa shape index (κ2) is 12.1. The molecule has 136 valence electrons. The first-order chi connectivity index (χ1) is 12.0. The molecule has 1 nitrogen and oxygen atoms in total. The van der Waals surface area contributed by atoms with Crippen LogP contribution in [0, 0.1) is 6.92 Å². The van der Waals surface area contributed by atoms with Crippen LogP contribution in [0.3, 0.4) is 0 Å². The predicted octanol–water partition coefficient (Wildman–Crippen LogP) is 7.09. The molecule has 2 aromatic rings. The topological polar surface area (TPSA) is 26.0 Å². The molecule has 0 saturated heterocycles. The van der Waals surface area contributed by atoms with Crippen LogP contribution in [0.1, 0.15) is 62.4 Å². The molecule has 25 heavy (non-hydrogen) atoms. The number of hydrogen-bond donors (Lipinski definition) is 1. The fourth-order valence-electron chi connectivity index (χ4n) is 2.65. The van der Waals surface area contributed by atoms with Gasteiger partial charge in [0.2, 0.25) is 0 Å². The quantitative estimate of drug-likeness (QED) is 0.592. The normalized spacial score (nSPS) is 9.20. The molecule has 2 rings (SSSR count). The van der Waals surface area contributed by atoms with E-state index in [1.54, 1.807) is 0 Å². The van der Waals surface area contributed by atoms with Crippen LogP contribution in [0.2, 0.25) is 0 Å². The van der Waals surface area contributed by atoms with Crippen LogP contribution in [0.15, 0.2) is 49.6 Å². The summed E-state index contributed by atoms with van der Waals surface area (Å²) < 4.78 is 0. The van der Waals surface area contributed by atoms with E-state index < -0.39 is 0 Å². The molecule has 0 saturated carbocycles. The number of anilines is 1. The van der Waals surface area contributed by atoms with Gasteiger partial charge in [0.1, 0.15) is 0 Å². The number of hydrogen-bond acceptors (Lipinski definition) is 1. The predicted molar refractivity (Wildman–Crippen MR) is 117 cm³/mol. The number of rotatable bonds is 4. The Labute approximate surface area is 155 Å². The van der Waals surface area contributed by atoms with E-state index in [0.717, 1.165) is 24.1 Å². The third-order valence-corrected chi connectivity index (χ3v) is 4.01. The van der Waals surface area contributed by atoms with Crippen LogP contribution in [0.4, 0.5) is 5.69 Å². The zero-order valence-corrected chi connectivity index (χ0v) is 16.9. The van der Waals surface area contributed by atoms with Gasteiger partial charge < -0.3 is 5.73 Å². The van der Waals surface area contributed by atoms with Crippen molar-refractivity contribution in [1.29, 1.82) is 0 Å². The maximum Gasteiger partial charge on any atom is 0.0376 e. The molecule has 0 spiro atoms. The highest BCUT2D eigenvalue weighted by Gasteiger charge is 2.04. The van der Waals surface area contributed by atoms with Gasteiger partial charge in [-0.25, -0.2) is 0 Å². The van der Waals surface area contributed by atoms with E-state index in [9.17, 15) is 0 Å². The van der Waals surface area contributed by atoms with Gasteiger partial charge in [-0.2, -0.15) is 0 Å². The average molecular weight is 338 g/mol. The van der Waals surface area contributed by atoms with Crippen molar-refractivity contribution in [2.24, 2.45) is 0 Å². The summed E-state index contributed by atoms with van der Waals surface area (Å²) in [4.78, 5) is 0. The number of benzene rings is 2. The molecule has 0 fully saturated rings. The zero-order chi connectivity index (χ0) is 19.4. The average Bonchev–Trinajstić information content (AvgIpc) is 2.65. The lowest BCUT2D eigenvalue weighted by Crippen LogP contribution is -1.94. The molecule has 0 aromatic heterocycles. The lowest BCUT2D eigenvalue weighted by Gasteiger charge is -2.10. The van der Waals surface area contributed by atoms with Crippen molar-refractivity contribution in [3.8, 4) is 0 Å². The van der Waals surface area contributed by atoms with Crippen LogP contribution >= 0.6 is 0 Å².